The maximum Gasteiger partial charge on any atom is 0.242 e. The van der Waals surface area contributed by atoms with Crippen LogP contribution in [-0.2, 0) is 16.0 Å². The van der Waals surface area contributed by atoms with E-state index in [1.54, 1.807) is 28.3 Å². The normalized spacial score (nSPS) is 22.1. The Morgan fingerprint density at radius 3 is 2.69 bits per heavy atom. The van der Waals surface area contributed by atoms with E-state index in [2.05, 4.69) is 30.7 Å². The van der Waals surface area contributed by atoms with Crippen LogP contribution in [0, 0.1) is 17.8 Å². The minimum absolute atomic E-state index is 0.00406. The highest BCUT2D eigenvalue weighted by Gasteiger charge is 2.54. The van der Waals surface area contributed by atoms with E-state index in [0.29, 0.717) is 12.5 Å². The quantitative estimate of drug-likeness (QED) is 0.737. The van der Waals surface area contributed by atoms with Crippen molar-refractivity contribution in [2.75, 3.05) is 19.7 Å². The molecule has 2 aliphatic heterocycles. The average molecular weight is 432 g/mol. The number of hydrogen-bond donors (Lipinski definition) is 1. The van der Waals surface area contributed by atoms with Gasteiger partial charge >= 0.3 is 0 Å². The molecular formula is C26H29N3O3. The van der Waals surface area contributed by atoms with E-state index in [1.807, 2.05) is 30.3 Å². The number of carbonyl (C=O) groups is 2. The molecule has 1 aromatic carbocycles. The van der Waals surface area contributed by atoms with E-state index in [4.69, 9.17) is 0 Å². The lowest BCUT2D eigenvalue weighted by Crippen LogP contribution is -2.73. The Balaban J connectivity index is 1.48. The first-order valence-electron chi connectivity index (χ1n) is 11.2. The van der Waals surface area contributed by atoms with Gasteiger partial charge in [-0.25, -0.2) is 0 Å². The van der Waals surface area contributed by atoms with Crippen LogP contribution in [0.15, 0.2) is 48.8 Å². The topological polar surface area (TPSA) is 73.7 Å². The van der Waals surface area contributed by atoms with E-state index in [-0.39, 0.29) is 49.4 Å². The fourth-order valence-electron chi connectivity index (χ4n) is 4.62. The smallest absolute Gasteiger partial charge is 0.242 e. The summed E-state index contributed by atoms with van der Waals surface area (Å²) >= 11 is 0. The molecule has 1 N–H and O–H groups in total. The number of nitrogens with zero attached hydrogens (tertiary/aromatic N) is 3. The van der Waals surface area contributed by atoms with Crippen LogP contribution in [0.4, 0.5) is 0 Å². The van der Waals surface area contributed by atoms with Gasteiger partial charge < -0.3 is 14.9 Å². The first kappa shape index (κ1) is 22.0. The van der Waals surface area contributed by atoms with Crippen molar-refractivity contribution in [2.24, 2.45) is 5.92 Å². The fourth-order valence-corrected chi connectivity index (χ4v) is 4.62. The first-order valence-corrected chi connectivity index (χ1v) is 11.2. The second-order valence-corrected chi connectivity index (χ2v) is 8.98. The number of rotatable bonds is 5. The van der Waals surface area contributed by atoms with Gasteiger partial charge in [-0.15, -0.1) is 0 Å². The maximum absolute atomic E-state index is 12.8. The third-order valence-corrected chi connectivity index (χ3v) is 6.22. The molecule has 4 rings (SSSR count). The summed E-state index contributed by atoms with van der Waals surface area (Å²) < 4.78 is 0. The molecule has 6 heteroatoms. The van der Waals surface area contributed by atoms with Crippen LogP contribution in [0.5, 0.6) is 0 Å². The Labute approximate surface area is 189 Å². The molecular weight excluding hydrogens is 402 g/mol. The van der Waals surface area contributed by atoms with Crippen LogP contribution in [-0.4, -0.2) is 63.5 Å². The number of aliphatic hydroxyl groups excluding tert-OH is 1. The van der Waals surface area contributed by atoms with Gasteiger partial charge in [0.1, 0.15) is 0 Å². The third-order valence-electron chi connectivity index (χ3n) is 6.22. The fraction of sp³-hybridized carbons (Fsp3) is 0.423. The van der Waals surface area contributed by atoms with Gasteiger partial charge in [-0.05, 0) is 35.2 Å². The molecule has 0 saturated carbocycles. The molecule has 2 aliphatic rings. The number of benzene rings is 1. The van der Waals surface area contributed by atoms with Crippen molar-refractivity contribution in [3.05, 3.63) is 65.5 Å². The minimum atomic E-state index is -0.249. The monoisotopic (exact) mass is 431 g/mol. The summed E-state index contributed by atoms with van der Waals surface area (Å²) in [5, 5.41) is 9.96. The van der Waals surface area contributed by atoms with E-state index >= 15 is 0 Å². The molecule has 6 nitrogen and oxygen atoms in total. The average Bonchev–Trinajstić information content (AvgIpc) is 2.76. The van der Waals surface area contributed by atoms with E-state index in [0.717, 1.165) is 23.1 Å². The highest BCUT2D eigenvalue weighted by Crippen LogP contribution is 2.42. The van der Waals surface area contributed by atoms with Gasteiger partial charge in [0.05, 0.1) is 31.7 Å². The Kier molecular flexibility index (Phi) is 6.57. The van der Waals surface area contributed by atoms with Gasteiger partial charge in [0.15, 0.2) is 0 Å². The molecule has 2 amide bonds. The molecule has 3 heterocycles. The molecule has 0 aliphatic carbocycles. The van der Waals surface area contributed by atoms with Gasteiger partial charge in [0.2, 0.25) is 11.8 Å². The number of piperazine rings is 1. The largest absolute Gasteiger partial charge is 0.394 e. The molecule has 0 radical (unpaired) electrons. The second-order valence-electron chi connectivity index (χ2n) is 8.98. The number of aliphatic hydroxyl groups is 1. The lowest BCUT2D eigenvalue weighted by molar-refractivity contribution is -0.166. The van der Waals surface area contributed by atoms with Gasteiger partial charge in [0, 0.05) is 36.8 Å². The van der Waals surface area contributed by atoms with Crippen LogP contribution in [0.25, 0.3) is 0 Å². The van der Waals surface area contributed by atoms with E-state index in [1.165, 1.54) is 0 Å². The molecule has 166 valence electrons. The molecule has 32 heavy (non-hydrogen) atoms. The number of pyridine rings is 1. The zero-order chi connectivity index (χ0) is 22.7. The molecule has 0 unspecified atom stereocenters. The predicted octanol–water partition coefficient (Wildman–Crippen LogP) is 2.22. The van der Waals surface area contributed by atoms with Crippen molar-refractivity contribution in [2.45, 2.75) is 44.7 Å². The maximum atomic E-state index is 12.8. The number of amides is 2. The highest BCUT2D eigenvalue weighted by molar-refractivity contribution is 5.88. The van der Waals surface area contributed by atoms with E-state index < -0.39 is 0 Å². The minimum Gasteiger partial charge on any atom is -0.394 e. The van der Waals surface area contributed by atoms with Gasteiger partial charge in [0.25, 0.3) is 0 Å². The molecule has 0 spiro atoms. The second kappa shape index (κ2) is 9.54. The van der Waals surface area contributed by atoms with Crippen molar-refractivity contribution in [3.63, 3.8) is 0 Å². The van der Waals surface area contributed by atoms with Crippen molar-refractivity contribution in [3.8, 4) is 11.8 Å². The lowest BCUT2D eigenvalue weighted by Gasteiger charge is -2.58. The van der Waals surface area contributed by atoms with Crippen molar-refractivity contribution < 1.29 is 14.7 Å². The van der Waals surface area contributed by atoms with Crippen molar-refractivity contribution in [1.82, 2.24) is 14.8 Å². The summed E-state index contributed by atoms with van der Waals surface area (Å²) in [5.74, 6) is 6.74. The number of aromatic nitrogens is 1. The highest BCUT2D eigenvalue weighted by atomic mass is 16.3. The van der Waals surface area contributed by atoms with Gasteiger partial charge in [-0.3, -0.25) is 14.6 Å². The van der Waals surface area contributed by atoms with Crippen LogP contribution in [0.1, 0.15) is 42.9 Å². The van der Waals surface area contributed by atoms with Crippen LogP contribution >= 0.6 is 0 Å². The molecule has 2 fully saturated rings. The molecule has 0 bridgehead atoms. The zero-order valence-corrected chi connectivity index (χ0v) is 18.6. The summed E-state index contributed by atoms with van der Waals surface area (Å²) in [5.41, 5.74) is 2.85. The van der Waals surface area contributed by atoms with Crippen LogP contribution in [0.3, 0.4) is 0 Å². The Morgan fingerprint density at radius 1 is 1.25 bits per heavy atom. The zero-order valence-electron chi connectivity index (χ0n) is 18.6. The summed E-state index contributed by atoms with van der Waals surface area (Å²) in [6.45, 7) is 4.73. The molecule has 3 atom stereocenters. The Hall–Kier alpha value is -3.17. The third kappa shape index (κ3) is 4.53. The summed E-state index contributed by atoms with van der Waals surface area (Å²) in [7, 11) is 0. The van der Waals surface area contributed by atoms with Crippen LogP contribution < -0.4 is 0 Å². The van der Waals surface area contributed by atoms with Crippen LogP contribution in [0.2, 0.25) is 0 Å². The predicted molar refractivity (Wildman–Crippen MR) is 122 cm³/mol. The van der Waals surface area contributed by atoms with Gasteiger partial charge in [-0.2, -0.15) is 0 Å². The van der Waals surface area contributed by atoms with Crippen molar-refractivity contribution >= 4 is 11.8 Å². The number of hydrogen-bond acceptors (Lipinski definition) is 4. The SMILES string of the molecule is CC(C)CC#Cc1ccc([C@H]2[C@@H](CO)N3C(=O)CN(C(=O)Cc4cccnc4)C[C@@H]23)cc1. The summed E-state index contributed by atoms with van der Waals surface area (Å²) in [4.78, 5) is 33.1. The van der Waals surface area contributed by atoms with E-state index in [9.17, 15) is 14.7 Å². The number of carbonyl (C=O) groups excluding carboxylic acids is 2. The van der Waals surface area contributed by atoms with Gasteiger partial charge in [-0.1, -0.05) is 43.9 Å². The Morgan fingerprint density at radius 2 is 2.03 bits per heavy atom. The molecule has 2 saturated heterocycles. The Bertz CT molecular complexity index is 1020. The summed E-state index contributed by atoms with van der Waals surface area (Å²) in [6.07, 6.45) is 4.44. The summed E-state index contributed by atoms with van der Waals surface area (Å²) in [6, 6.07) is 11.4. The molecule has 1 aromatic heterocycles. The lowest BCUT2D eigenvalue weighted by atomic mass is 9.73. The standard InChI is InChI=1S/C26H29N3O3/c1-18(2)5-3-6-19-8-10-21(11-9-19)26-22-15-28(16-25(32)29(22)23(26)17-30)24(31)13-20-7-4-12-27-14-20/h4,7-12,14,18,22-23,26,30H,5,13,15-17H2,1-2H3/t22-,23+,26+/m0/s1. The number of fused-ring (bicyclic) bond motifs is 1. The van der Waals surface area contributed by atoms with Crippen molar-refractivity contribution in [1.29, 1.82) is 0 Å². The molecule has 2 aromatic rings. The first-order chi connectivity index (χ1) is 15.5.